The standard InChI is InChI=1S/C19H21NO7/c1-10-15(18(23)25-3)17(16(11(2)20-10)19(24)26-4)12-7-5-6-8-13(12)27-9-14(21)22/h5-8,17,20H,9H2,1-4H3,(H,21,22). The van der Waals surface area contributed by atoms with Crippen molar-refractivity contribution in [2.45, 2.75) is 19.8 Å². The highest BCUT2D eigenvalue weighted by Gasteiger charge is 2.39. The fraction of sp³-hybridized carbons (Fsp3) is 0.316. The SMILES string of the molecule is COC(=O)C1=C(C)NC(C)=C(C(=O)OC)C1c1ccccc1OCC(=O)O. The molecule has 1 heterocycles. The Bertz CT molecular complexity index is 800. The Labute approximate surface area is 156 Å². The van der Waals surface area contributed by atoms with Gasteiger partial charge in [-0.1, -0.05) is 18.2 Å². The molecule has 0 unspecified atom stereocenters. The van der Waals surface area contributed by atoms with Crippen LogP contribution in [0.1, 0.15) is 25.3 Å². The molecule has 1 aliphatic heterocycles. The Hall–Kier alpha value is -3.29. The van der Waals surface area contributed by atoms with Gasteiger partial charge in [0, 0.05) is 17.0 Å². The third kappa shape index (κ3) is 4.11. The number of dihydropyridines is 1. The average molecular weight is 375 g/mol. The van der Waals surface area contributed by atoms with Crippen LogP contribution in [0, 0.1) is 0 Å². The number of carbonyl (C=O) groups is 3. The van der Waals surface area contributed by atoms with Crippen molar-refractivity contribution >= 4 is 17.9 Å². The molecular weight excluding hydrogens is 354 g/mol. The number of methoxy groups -OCH3 is 2. The van der Waals surface area contributed by atoms with E-state index in [0.717, 1.165) is 0 Å². The van der Waals surface area contributed by atoms with Gasteiger partial charge in [-0.15, -0.1) is 0 Å². The summed E-state index contributed by atoms with van der Waals surface area (Å²) in [6, 6.07) is 6.62. The van der Waals surface area contributed by atoms with Crippen molar-refractivity contribution in [2.75, 3.05) is 20.8 Å². The second-order valence-electron chi connectivity index (χ2n) is 5.84. The van der Waals surface area contributed by atoms with Crippen molar-refractivity contribution in [2.24, 2.45) is 0 Å². The molecule has 0 aromatic heterocycles. The number of allylic oxidation sites excluding steroid dienone is 2. The molecule has 0 atom stereocenters. The Morgan fingerprint density at radius 1 is 1.00 bits per heavy atom. The number of hydrogen-bond acceptors (Lipinski definition) is 7. The number of benzene rings is 1. The van der Waals surface area contributed by atoms with Crippen LogP contribution in [0.5, 0.6) is 5.75 Å². The summed E-state index contributed by atoms with van der Waals surface area (Å²) in [6.07, 6.45) is 0. The molecule has 1 aliphatic rings. The summed E-state index contributed by atoms with van der Waals surface area (Å²) in [7, 11) is 2.49. The van der Waals surface area contributed by atoms with E-state index in [1.165, 1.54) is 14.2 Å². The van der Waals surface area contributed by atoms with Crippen LogP contribution < -0.4 is 10.1 Å². The third-order valence-corrected chi connectivity index (χ3v) is 4.15. The van der Waals surface area contributed by atoms with Crippen LogP contribution in [-0.4, -0.2) is 43.8 Å². The number of aliphatic carboxylic acids is 1. The van der Waals surface area contributed by atoms with E-state index >= 15 is 0 Å². The minimum Gasteiger partial charge on any atom is -0.482 e. The minimum atomic E-state index is -1.14. The quantitative estimate of drug-likeness (QED) is 0.723. The Morgan fingerprint density at radius 2 is 1.52 bits per heavy atom. The molecule has 8 heteroatoms. The number of carboxylic acid groups (broad SMARTS) is 1. The first-order valence-electron chi connectivity index (χ1n) is 8.10. The molecule has 144 valence electrons. The average Bonchev–Trinajstić information content (AvgIpc) is 2.64. The van der Waals surface area contributed by atoms with Crippen molar-refractivity contribution in [3.05, 3.63) is 52.4 Å². The number of rotatable bonds is 6. The van der Waals surface area contributed by atoms with E-state index in [0.29, 0.717) is 17.0 Å². The van der Waals surface area contributed by atoms with Crippen LogP contribution in [0.25, 0.3) is 0 Å². The minimum absolute atomic E-state index is 0.217. The van der Waals surface area contributed by atoms with Gasteiger partial charge in [0.15, 0.2) is 6.61 Å². The lowest BCUT2D eigenvalue weighted by Gasteiger charge is -2.30. The predicted molar refractivity (Wildman–Crippen MR) is 94.9 cm³/mol. The monoisotopic (exact) mass is 375 g/mol. The van der Waals surface area contributed by atoms with Gasteiger partial charge in [0.25, 0.3) is 0 Å². The first-order valence-corrected chi connectivity index (χ1v) is 8.10. The number of para-hydroxylation sites is 1. The van der Waals surface area contributed by atoms with E-state index in [1.807, 2.05) is 0 Å². The van der Waals surface area contributed by atoms with Crippen LogP contribution >= 0.6 is 0 Å². The molecule has 0 amide bonds. The normalized spacial score (nSPS) is 14.5. The van der Waals surface area contributed by atoms with Gasteiger partial charge in [-0.25, -0.2) is 14.4 Å². The molecule has 27 heavy (non-hydrogen) atoms. The molecule has 1 aromatic rings. The van der Waals surface area contributed by atoms with Crippen molar-refractivity contribution in [3.8, 4) is 5.75 Å². The number of nitrogens with one attached hydrogen (secondary N) is 1. The van der Waals surface area contributed by atoms with Crippen molar-refractivity contribution < 1.29 is 33.7 Å². The molecule has 0 radical (unpaired) electrons. The molecule has 0 aliphatic carbocycles. The fourth-order valence-electron chi connectivity index (χ4n) is 3.06. The summed E-state index contributed by atoms with van der Waals surface area (Å²) in [6.45, 7) is 2.82. The second kappa shape index (κ2) is 8.39. The first-order chi connectivity index (χ1) is 12.8. The highest BCUT2D eigenvalue weighted by molar-refractivity contribution is 6.00. The lowest BCUT2D eigenvalue weighted by molar-refractivity contribution is -0.140. The van der Waals surface area contributed by atoms with E-state index < -0.39 is 30.4 Å². The third-order valence-electron chi connectivity index (χ3n) is 4.15. The van der Waals surface area contributed by atoms with Gasteiger partial charge >= 0.3 is 17.9 Å². The highest BCUT2D eigenvalue weighted by Crippen LogP contribution is 2.42. The molecule has 1 aromatic carbocycles. The summed E-state index contributed by atoms with van der Waals surface area (Å²) in [5.41, 5.74) is 1.93. The first kappa shape index (κ1) is 20.0. The van der Waals surface area contributed by atoms with Gasteiger partial charge in [-0.3, -0.25) is 0 Å². The van der Waals surface area contributed by atoms with Gasteiger partial charge in [0.1, 0.15) is 5.75 Å². The van der Waals surface area contributed by atoms with Gasteiger partial charge in [-0.05, 0) is 19.9 Å². The van der Waals surface area contributed by atoms with E-state index in [9.17, 15) is 14.4 Å². The van der Waals surface area contributed by atoms with Crippen molar-refractivity contribution in [1.29, 1.82) is 0 Å². The molecule has 8 nitrogen and oxygen atoms in total. The number of carbonyl (C=O) groups excluding carboxylic acids is 2. The summed E-state index contributed by atoms with van der Waals surface area (Å²) in [4.78, 5) is 35.8. The van der Waals surface area contributed by atoms with Gasteiger partial charge in [-0.2, -0.15) is 0 Å². The zero-order valence-electron chi connectivity index (χ0n) is 15.5. The zero-order chi connectivity index (χ0) is 20.1. The zero-order valence-corrected chi connectivity index (χ0v) is 15.5. The molecule has 2 N–H and O–H groups in total. The molecule has 0 saturated heterocycles. The predicted octanol–water partition coefficient (Wildman–Crippen LogP) is 1.73. The van der Waals surface area contributed by atoms with Gasteiger partial charge < -0.3 is 24.6 Å². The maximum absolute atomic E-state index is 12.5. The Balaban J connectivity index is 2.69. The van der Waals surface area contributed by atoms with Crippen molar-refractivity contribution in [1.82, 2.24) is 5.32 Å². The van der Waals surface area contributed by atoms with Gasteiger partial charge in [0.2, 0.25) is 0 Å². The Morgan fingerprint density at radius 3 is 2.00 bits per heavy atom. The van der Waals surface area contributed by atoms with Gasteiger partial charge in [0.05, 0.1) is 31.3 Å². The van der Waals surface area contributed by atoms with Crippen LogP contribution in [0.15, 0.2) is 46.8 Å². The van der Waals surface area contributed by atoms with Crippen LogP contribution in [0.4, 0.5) is 0 Å². The lowest BCUT2D eigenvalue weighted by Crippen LogP contribution is -2.32. The maximum atomic E-state index is 12.5. The number of hydrogen-bond donors (Lipinski definition) is 2. The summed E-state index contributed by atoms with van der Waals surface area (Å²) < 4.78 is 15.2. The van der Waals surface area contributed by atoms with Crippen molar-refractivity contribution in [3.63, 3.8) is 0 Å². The smallest absolute Gasteiger partial charge is 0.341 e. The Kier molecular flexibility index (Phi) is 6.23. The molecule has 0 spiro atoms. The summed E-state index contributed by atoms with van der Waals surface area (Å²) >= 11 is 0. The van der Waals surface area contributed by atoms with E-state index in [4.69, 9.17) is 19.3 Å². The molecule has 0 fully saturated rings. The molecular formula is C19H21NO7. The van der Waals surface area contributed by atoms with E-state index in [1.54, 1.807) is 38.1 Å². The maximum Gasteiger partial charge on any atom is 0.341 e. The summed E-state index contributed by atoms with van der Waals surface area (Å²) in [5, 5.41) is 11.9. The van der Waals surface area contributed by atoms with Crippen LogP contribution in [0.3, 0.4) is 0 Å². The lowest BCUT2D eigenvalue weighted by atomic mass is 9.80. The fourth-order valence-corrected chi connectivity index (χ4v) is 3.06. The number of ether oxygens (including phenoxy) is 3. The second-order valence-corrected chi connectivity index (χ2v) is 5.84. The summed E-state index contributed by atoms with van der Waals surface area (Å²) in [5.74, 6) is -2.97. The molecule has 0 saturated carbocycles. The number of esters is 2. The highest BCUT2D eigenvalue weighted by atomic mass is 16.5. The van der Waals surface area contributed by atoms with Crippen LogP contribution in [-0.2, 0) is 23.9 Å². The van der Waals surface area contributed by atoms with E-state index in [-0.39, 0.29) is 16.9 Å². The molecule has 0 bridgehead atoms. The largest absolute Gasteiger partial charge is 0.482 e. The van der Waals surface area contributed by atoms with Crippen LogP contribution in [0.2, 0.25) is 0 Å². The topological polar surface area (TPSA) is 111 Å². The molecule has 2 rings (SSSR count). The number of carboxylic acids is 1. The van der Waals surface area contributed by atoms with E-state index in [2.05, 4.69) is 5.32 Å².